The average Bonchev–Trinajstić information content (AvgIpc) is 3.48. The third kappa shape index (κ3) is 7.29. The summed E-state index contributed by atoms with van der Waals surface area (Å²) in [7, 11) is 2.94. The molecule has 5 aromatic rings. The topological polar surface area (TPSA) is 138 Å². The standard InChI is InChI=1S/C35H29BrClN3O8/c1-5-46-29-16-20(10-13-26(29)48-35(43)21-11-14-25(47-19(2)41)28(17-21)45-4)18-38-40-34(42)33-30(22-8-6-7-9-24(22)37)31-23(36)12-15-27(44-3)32(31)39-33/h6-18,39H,5H2,1-4H3,(H,40,42). The predicted molar refractivity (Wildman–Crippen MR) is 185 cm³/mol. The number of amides is 1. The van der Waals surface area contributed by atoms with E-state index in [0.29, 0.717) is 33.0 Å². The molecule has 0 bridgehead atoms. The second kappa shape index (κ2) is 15.1. The number of nitrogens with one attached hydrogen (secondary N) is 2. The summed E-state index contributed by atoms with van der Waals surface area (Å²) in [5.41, 5.74) is 5.37. The zero-order valence-electron chi connectivity index (χ0n) is 26.2. The van der Waals surface area contributed by atoms with Crippen molar-refractivity contribution in [2.24, 2.45) is 5.10 Å². The van der Waals surface area contributed by atoms with E-state index in [1.54, 1.807) is 44.4 Å². The van der Waals surface area contributed by atoms with Gasteiger partial charge < -0.3 is 28.7 Å². The lowest BCUT2D eigenvalue weighted by atomic mass is 10.0. The van der Waals surface area contributed by atoms with Gasteiger partial charge in [0.15, 0.2) is 23.0 Å². The predicted octanol–water partition coefficient (Wildman–Crippen LogP) is 7.58. The van der Waals surface area contributed by atoms with Crippen molar-refractivity contribution in [3.63, 3.8) is 0 Å². The number of halogens is 2. The van der Waals surface area contributed by atoms with E-state index in [4.69, 9.17) is 35.3 Å². The number of fused-ring (bicyclic) bond motifs is 1. The van der Waals surface area contributed by atoms with Crippen molar-refractivity contribution in [2.75, 3.05) is 20.8 Å². The molecule has 1 heterocycles. The van der Waals surface area contributed by atoms with E-state index >= 15 is 0 Å². The van der Waals surface area contributed by atoms with Gasteiger partial charge in [-0.25, -0.2) is 10.2 Å². The number of benzene rings is 4. The van der Waals surface area contributed by atoms with Crippen LogP contribution >= 0.6 is 27.5 Å². The molecule has 0 atom stereocenters. The van der Waals surface area contributed by atoms with Gasteiger partial charge in [-0.2, -0.15) is 5.10 Å². The zero-order valence-corrected chi connectivity index (χ0v) is 28.5. The van der Waals surface area contributed by atoms with Gasteiger partial charge in [0.2, 0.25) is 0 Å². The summed E-state index contributed by atoms with van der Waals surface area (Å²) in [5.74, 6) is -0.384. The van der Waals surface area contributed by atoms with Gasteiger partial charge in [0.25, 0.3) is 5.91 Å². The summed E-state index contributed by atoms with van der Waals surface area (Å²) in [5, 5.41) is 5.35. The highest BCUT2D eigenvalue weighted by Crippen LogP contribution is 2.43. The summed E-state index contributed by atoms with van der Waals surface area (Å²) < 4.78 is 28.0. The number of aromatic nitrogens is 1. The molecule has 1 aromatic heterocycles. The number of hydrogen-bond donors (Lipinski definition) is 2. The third-order valence-electron chi connectivity index (χ3n) is 6.96. The maximum absolute atomic E-state index is 13.5. The number of esters is 2. The van der Waals surface area contributed by atoms with Gasteiger partial charge >= 0.3 is 11.9 Å². The fourth-order valence-corrected chi connectivity index (χ4v) is 5.64. The Labute approximate surface area is 288 Å². The summed E-state index contributed by atoms with van der Waals surface area (Å²) in [6, 6.07) is 20.0. The Morgan fingerprint density at radius 2 is 1.60 bits per heavy atom. The third-order valence-corrected chi connectivity index (χ3v) is 7.95. The number of nitrogens with zero attached hydrogens (tertiary/aromatic N) is 1. The first kappa shape index (κ1) is 34.0. The molecule has 0 saturated heterocycles. The van der Waals surface area contributed by atoms with Crippen LogP contribution in [0.15, 0.2) is 82.4 Å². The quantitative estimate of drug-likeness (QED) is 0.0614. The van der Waals surface area contributed by atoms with Gasteiger partial charge in [-0.15, -0.1) is 0 Å². The summed E-state index contributed by atoms with van der Waals surface area (Å²) in [6.07, 6.45) is 1.43. The molecular weight excluding hydrogens is 706 g/mol. The van der Waals surface area contributed by atoms with Crippen LogP contribution in [0.5, 0.6) is 28.7 Å². The van der Waals surface area contributed by atoms with Crippen LogP contribution in [0.1, 0.15) is 40.3 Å². The minimum absolute atomic E-state index is 0.160. The average molecular weight is 735 g/mol. The normalized spacial score (nSPS) is 11.0. The SMILES string of the molecule is CCOc1cc(C=NNC(=O)c2[nH]c3c(OC)ccc(Br)c3c2-c2ccccc2Cl)ccc1OC(=O)c1ccc(OC(C)=O)c(OC)c1. The van der Waals surface area contributed by atoms with E-state index in [9.17, 15) is 14.4 Å². The first-order valence-corrected chi connectivity index (χ1v) is 15.6. The lowest BCUT2D eigenvalue weighted by Crippen LogP contribution is -2.19. The Hall–Kier alpha value is -5.33. The molecule has 1 amide bonds. The number of rotatable bonds is 11. The van der Waals surface area contributed by atoms with Crippen LogP contribution in [0.4, 0.5) is 0 Å². The second-order valence-corrected chi connectivity index (χ2v) is 11.3. The summed E-state index contributed by atoms with van der Waals surface area (Å²) in [4.78, 5) is 41.1. The van der Waals surface area contributed by atoms with Crippen molar-refractivity contribution in [1.82, 2.24) is 10.4 Å². The number of ether oxygens (including phenoxy) is 5. The molecule has 48 heavy (non-hydrogen) atoms. The highest BCUT2D eigenvalue weighted by molar-refractivity contribution is 9.10. The van der Waals surface area contributed by atoms with Crippen LogP contribution < -0.4 is 29.1 Å². The number of hydrazone groups is 1. The second-order valence-electron chi connectivity index (χ2n) is 10.0. The molecule has 11 nitrogen and oxygen atoms in total. The number of methoxy groups -OCH3 is 2. The Morgan fingerprint density at radius 1 is 0.896 bits per heavy atom. The molecule has 0 aliphatic rings. The van der Waals surface area contributed by atoms with E-state index in [-0.39, 0.29) is 40.9 Å². The van der Waals surface area contributed by atoms with Crippen LogP contribution in [-0.4, -0.2) is 49.9 Å². The number of aromatic amines is 1. The van der Waals surface area contributed by atoms with Gasteiger partial charge in [0.1, 0.15) is 11.4 Å². The molecular formula is C35H29BrClN3O8. The van der Waals surface area contributed by atoms with Gasteiger partial charge in [-0.3, -0.25) is 9.59 Å². The van der Waals surface area contributed by atoms with E-state index in [0.717, 1.165) is 9.86 Å². The largest absolute Gasteiger partial charge is 0.495 e. The van der Waals surface area contributed by atoms with Crippen molar-refractivity contribution in [2.45, 2.75) is 13.8 Å². The monoisotopic (exact) mass is 733 g/mol. The van der Waals surface area contributed by atoms with Crippen molar-refractivity contribution >= 4 is 62.5 Å². The van der Waals surface area contributed by atoms with Gasteiger partial charge in [-0.05, 0) is 67.1 Å². The Balaban J connectivity index is 1.38. The van der Waals surface area contributed by atoms with Crippen molar-refractivity contribution in [3.05, 3.63) is 99.1 Å². The summed E-state index contributed by atoms with van der Waals surface area (Å²) >= 11 is 10.2. The van der Waals surface area contributed by atoms with E-state index in [1.807, 2.05) is 24.3 Å². The summed E-state index contributed by atoms with van der Waals surface area (Å²) in [6.45, 7) is 3.34. The number of H-pyrrole nitrogens is 1. The maximum atomic E-state index is 13.5. The molecule has 4 aromatic carbocycles. The first-order chi connectivity index (χ1) is 23.1. The Kier molecular flexibility index (Phi) is 10.7. The molecule has 0 unspecified atom stereocenters. The van der Waals surface area contributed by atoms with Crippen LogP contribution in [0.25, 0.3) is 22.0 Å². The number of carbonyl (C=O) groups excluding carboxylic acids is 3. The lowest BCUT2D eigenvalue weighted by Gasteiger charge is -2.13. The molecule has 0 fully saturated rings. The minimum Gasteiger partial charge on any atom is -0.495 e. The molecule has 0 aliphatic carbocycles. The van der Waals surface area contributed by atoms with E-state index in [2.05, 4.69) is 31.4 Å². The van der Waals surface area contributed by atoms with Crippen LogP contribution in [0.3, 0.4) is 0 Å². The fourth-order valence-electron chi connectivity index (χ4n) is 4.88. The Bertz CT molecular complexity index is 2060. The van der Waals surface area contributed by atoms with Gasteiger partial charge in [0, 0.05) is 32.9 Å². The molecule has 5 rings (SSSR count). The molecule has 0 radical (unpaired) electrons. The smallest absolute Gasteiger partial charge is 0.343 e. The van der Waals surface area contributed by atoms with Crippen LogP contribution in [0, 0.1) is 0 Å². The number of carbonyl (C=O) groups is 3. The van der Waals surface area contributed by atoms with E-state index < -0.39 is 17.8 Å². The van der Waals surface area contributed by atoms with Gasteiger partial charge in [-0.1, -0.05) is 45.7 Å². The lowest BCUT2D eigenvalue weighted by molar-refractivity contribution is -0.132. The highest BCUT2D eigenvalue weighted by atomic mass is 79.9. The molecule has 13 heteroatoms. The Morgan fingerprint density at radius 3 is 2.31 bits per heavy atom. The molecule has 246 valence electrons. The molecule has 2 N–H and O–H groups in total. The number of hydrogen-bond acceptors (Lipinski definition) is 9. The first-order valence-electron chi connectivity index (χ1n) is 14.5. The van der Waals surface area contributed by atoms with Crippen LogP contribution in [-0.2, 0) is 4.79 Å². The molecule has 0 spiro atoms. The minimum atomic E-state index is -0.687. The zero-order chi connectivity index (χ0) is 34.4. The maximum Gasteiger partial charge on any atom is 0.343 e. The van der Waals surface area contributed by atoms with Gasteiger partial charge in [0.05, 0.1) is 38.1 Å². The van der Waals surface area contributed by atoms with Crippen molar-refractivity contribution in [3.8, 4) is 39.9 Å². The van der Waals surface area contributed by atoms with E-state index in [1.165, 1.54) is 38.4 Å². The van der Waals surface area contributed by atoms with Crippen molar-refractivity contribution in [1.29, 1.82) is 0 Å². The van der Waals surface area contributed by atoms with Crippen LogP contribution in [0.2, 0.25) is 5.02 Å². The molecule has 0 aliphatic heterocycles. The highest BCUT2D eigenvalue weighted by Gasteiger charge is 2.24. The fraction of sp³-hybridized carbons (Fsp3) is 0.143. The van der Waals surface area contributed by atoms with Crippen molar-refractivity contribution < 1.29 is 38.1 Å². The molecule has 0 saturated carbocycles.